The Hall–Kier alpha value is -1.10. The van der Waals surface area contributed by atoms with Crippen molar-refractivity contribution in [1.82, 2.24) is 4.98 Å². The molecule has 0 aliphatic carbocycles. The van der Waals surface area contributed by atoms with Crippen LogP contribution < -0.4 is 4.18 Å². The van der Waals surface area contributed by atoms with Gasteiger partial charge in [0.15, 0.2) is 0 Å². The molecular formula is C7H9NO3S. The molecule has 1 aromatic heterocycles. The van der Waals surface area contributed by atoms with Gasteiger partial charge in [0, 0.05) is 12.3 Å². The Labute approximate surface area is 71.3 Å². The van der Waals surface area contributed by atoms with Gasteiger partial charge in [0.05, 0.1) is 5.75 Å². The minimum atomic E-state index is -3.44. The summed E-state index contributed by atoms with van der Waals surface area (Å²) in [6.07, 6.45) is 1.47. The van der Waals surface area contributed by atoms with Crippen LogP contribution in [0.3, 0.4) is 0 Å². The lowest BCUT2D eigenvalue weighted by atomic mass is 10.5. The lowest BCUT2D eigenvalue weighted by Crippen LogP contribution is -2.11. The van der Waals surface area contributed by atoms with Gasteiger partial charge in [-0.05, 0) is 13.0 Å². The summed E-state index contributed by atoms with van der Waals surface area (Å²) in [7, 11) is -3.44. The van der Waals surface area contributed by atoms with Crippen molar-refractivity contribution in [3.8, 4) is 5.88 Å². The minimum Gasteiger partial charge on any atom is -0.362 e. The predicted molar refractivity (Wildman–Crippen MR) is 44.3 cm³/mol. The standard InChI is InChI=1S/C7H9NO3S/c1-2-12(9,10)11-7-5-3-4-6-8-7/h3-6H,2H2,1H3. The second kappa shape index (κ2) is 3.53. The van der Waals surface area contributed by atoms with E-state index in [4.69, 9.17) is 0 Å². The molecule has 1 rings (SSSR count). The maximum atomic E-state index is 10.9. The SMILES string of the molecule is CCS(=O)(=O)Oc1ccccn1. The molecule has 0 fully saturated rings. The first kappa shape index (κ1) is 8.99. The van der Waals surface area contributed by atoms with E-state index in [2.05, 4.69) is 9.17 Å². The molecule has 0 bridgehead atoms. The zero-order valence-electron chi connectivity index (χ0n) is 6.60. The molecule has 1 heterocycles. The Balaban J connectivity index is 2.78. The van der Waals surface area contributed by atoms with E-state index in [9.17, 15) is 8.42 Å². The van der Waals surface area contributed by atoms with Crippen molar-refractivity contribution >= 4 is 10.1 Å². The number of rotatable bonds is 3. The van der Waals surface area contributed by atoms with Crippen LogP contribution in [0.5, 0.6) is 5.88 Å². The van der Waals surface area contributed by atoms with Gasteiger partial charge in [0.1, 0.15) is 0 Å². The van der Waals surface area contributed by atoms with Crippen LogP contribution in [0, 0.1) is 0 Å². The van der Waals surface area contributed by atoms with Crippen molar-refractivity contribution in [3.05, 3.63) is 24.4 Å². The van der Waals surface area contributed by atoms with Gasteiger partial charge in [0.25, 0.3) is 0 Å². The monoisotopic (exact) mass is 187 g/mol. The van der Waals surface area contributed by atoms with E-state index in [1.807, 2.05) is 0 Å². The average molecular weight is 187 g/mol. The smallest absolute Gasteiger partial charge is 0.310 e. The molecule has 0 N–H and O–H groups in total. The van der Waals surface area contributed by atoms with Crippen LogP contribution in [0.4, 0.5) is 0 Å². The topological polar surface area (TPSA) is 56.3 Å². The zero-order valence-corrected chi connectivity index (χ0v) is 7.41. The average Bonchev–Trinajstić information content (AvgIpc) is 2.06. The van der Waals surface area contributed by atoms with E-state index < -0.39 is 10.1 Å². The maximum Gasteiger partial charge on any atom is 0.310 e. The Morgan fingerprint density at radius 3 is 2.75 bits per heavy atom. The van der Waals surface area contributed by atoms with Gasteiger partial charge in [0.2, 0.25) is 5.88 Å². The first-order valence-corrected chi connectivity index (χ1v) is 5.05. The fourth-order valence-corrected chi connectivity index (χ4v) is 1.06. The van der Waals surface area contributed by atoms with Crippen molar-refractivity contribution in [2.45, 2.75) is 6.92 Å². The molecule has 4 nitrogen and oxygen atoms in total. The van der Waals surface area contributed by atoms with Crippen molar-refractivity contribution in [1.29, 1.82) is 0 Å². The van der Waals surface area contributed by atoms with Crippen molar-refractivity contribution in [2.75, 3.05) is 5.75 Å². The van der Waals surface area contributed by atoms with Crippen LogP contribution >= 0.6 is 0 Å². The first-order chi connectivity index (χ1) is 5.64. The molecule has 0 amide bonds. The van der Waals surface area contributed by atoms with E-state index in [-0.39, 0.29) is 11.6 Å². The summed E-state index contributed by atoms with van der Waals surface area (Å²) >= 11 is 0. The Morgan fingerprint density at radius 2 is 2.25 bits per heavy atom. The summed E-state index contributed by atoms with van der Waals surface area (Å²) in [5, 5.41) is 0. The summed E-state index contributed by atoms with van der Waals surface area (Å²) < 4.78 is 26.4. The third-order valence-corrected chi connectivity index (χ3v) is 2.34. The Bertz CT molecular complexity index is 333. The number of hydrogen-bond acceptors (Lipinski definition) is 4. The summed E-state index contributed by atoms with van der Waals surface area (Å²) in [6.45, 7) is 1.51. The van der Waals surface area contributed by atoms with E-state index in [1.165, 1.54) is 19.2 Å². The molecule has 0 aliphatic heterocycles. The number of aromatic nitrogens is 1. The number of nitrogens with zero attached hydrogens (tertiary/aromatic N) is 1. The van der Waals surface area contributed by atoms with Crippen LogP contribution in [0.15, 0.2) is 24.4 Å². The van der Waals surface area contributed by atoms with E-state index in [0.29, 0.717) is 0 Å². The van der Waals surface area contributed by atoms with Gasteiger partial charge in [-0.25, -0.2) is 4.98 Å². The molecular weight excluding hydrogens is 178 g/mol. The van der Waals surface area contributed by atoms with E-state index in [0.717, 1.165) is 0 Å². The highest BCUT2D eigenvalue weighted by Gasteiger charge is 2.08. The Kier molecular flexibility index (Phi) is 2.65. The van der Waals surface area contributed by atoms with Crippen molar-refractivity contribution in [3.63, 3.8) is 0 Å². The van der Waals surface area contributed by atoms with Crippen LogP contribution in [-0.4, -0.2) is 19.2 Å². The molecule has 0 radical (unpaired) electrons. The largest absolute Gasteiger partial charge is 0.362 e. The van der Waals surface area contributed by atoms with Gasteiger partial charge in [-0.2, -0.15) is 8.42 Å². The van der Waals surface area contributed by atoms with Crippen LogP contribution in [0.1, 0.15) is 6.92 Å². The van der Waals surface area contributed by atoms with Gasteiger partial charge < -0.3 is 4.18 Å². The minimum absolute atomic E-state index is 0.0520. The fourth-order valence-electron chi connectivity index (χ4n) is 0.585. The molecule has 5 heteroatoms. The van der Waals surface area contributed by atoms with Gasteiger partial charge in [-0.15, -0.1) is 0 Å². The zero-order chi connectivity index (χ0) is 9.03. The molecule has 0 spiro atoms. The number of hydrogen-bond donors (Lipinski definition) is 0. The summed E-state index contributed by atoms with van der Waals surface area (Å²) in [6, 6.07) is 4.84. The second-order valence-electron chi connectivity index (χ2n) is 2.10. The van der Waals surface area contributed by atoms with Gasteiger partial charge >= 0.3 is 10.1 Å². The van der Waals surface area contributed by atoms with Crippen LogP contribution in [0.25, 0.3) is 0 Å². The highest BCUT2D eigenvalue weighted by Crippen LogP contribution is 2.06. The van der Waals surface area contributed by atoms with E-state index in [1.54, 1.807) is 12.1 Å². The van der Waals surface area contributed by atoms with E-state index >= 15 is 0 Å². The highest BCUT2D eigenvalue weighted by atomic mass is 32.2. The molecule has 12 heavy (non-hydrogen) atoms. The molecule has 66 valence electrons. The molecule has 0 atom stereocenters. The highest BCUT2D eigenvalue weighted by molar-refractivity contribution is 7.87. The fraction of sp³-hybridized carbons (Fsp3) is 0.286. The number of pyridine rings is 1. The Morgan fingerprint density at radius 1 is 1.50 bits per heavy atom. The molecule has 0 saturated heterocycles. The van der Waals surface area contributed by atoms with Crippen LogP contribution in [0.2, 0.25) is 0 Å². The van der Waals surface area contributed by atoms with Crippen molar-refractivity contribution in [2.24, 2.45) is 0 Å². The molecule has 0 aliphatic rings. The third-order valence-electron chi connectivity index (χ3n) is 1.20. The van der Waals surface area contributed by atoms with Crippen LogP contribution in [-0.2, 0) is 10.1 Å². The molecule has 0 saturated carbocycles. The lowest BCUT2D eigenvalue weighted by molar-refractivity contribution is 0.477. The molecule has 0 unspecified atom stereocenters. The molecule has 1 aromatic rings. The first-order valence-electron chi connectivity index (χ1n) is 3.47. The quantitative estimate of drug-likeness (QED) is 0.657. The predicted octanol–water partition coefficient (Wildman–Crippen LogP) is 0.810. The maximum absolute atomic E-state index is 10.9. The summed E-state index contributed by atoms with van der Waals surface area (Å²) in [5.74, 6) is 0.0585. The van der Waals surface area contributed by atoms with Gasteiger partial charge in [-0.1, -0.05) is 6.07 Å². The molecule has 0 aromatic carbocycles. The summed E-state index contributed by atoms with van der Waals surface area (Å²) in [4.78, 5) is 3.71. The third kappa shape index (κ3) is 2.50. The second-order valence-corrected chi connectivity index (χ2v) is 3.96. The van der Waals surface area contributed by atoms with Gasteiger partial charge in [-0.3, -0.25) is 0 Å². The summed E-state index contributed by atoms with van der Waals surface area (Å²) in [5.41, 5.74) is 0. The lowest BCUT2D eigenvalue weighted by Gasteiger charge is -2.01. The normalized spacial score (nSPS) is 11.1. The van der Waals surface area contributed by atoms with Crippen molar-refractivity contribution < 1.29 is 12.6 Å².